The van der Waals surface area contributed by atoms with Crippen molar-refractivity contribution in [3.05, 3.63) is 0 Å². The molecule has 0 aliphatic carbocycles. The van der Waals surface area contributed by atoms with E-state index in [9.17, 15) is 0 Å². The zero-order chi connectivity index (χ0) is 8.69. The van der Waals surface area contributed by atoms with E-state index in [1.54, 1.807) is 0 Å². The minimum Gasteiger partial charge on any atom is -0.313 e. The van der Waals surface area contributed by atoms with Crippen LogP contribution in [0.4, 0.5) is 0 Å². The molecule has 0 saturated heterocycles. The summed E-state index contributed by atoms with van der Waals surface area (Å²) in [6.45, 7) is 7.89. The summed E-state index contributed by atoms with van der Waals surface area (Å²) in [6.07, 6.45) is 4.66. The van der Waals surface area contributed by atoms with Crippen LogP contribution in [0.1, 0.15) is 33.6 Å². The van der Waals surface area contributed by atoms with E-state index in [2.05, 4.69) is 32.3 Å². The van der Waals surface area contributed by atoms with Crippen molar-refractivity contribution in [3.8, 4) is 0 Å². The molecule has 0 aromatic heterocycles. The van der Waals surface area contributed by atoms with E-state index in [-0.39, 0.29) is 0 Å². The summed E-state index contributed by atoms with van der Waals surface area (Å²) < 4.78 is 0. The Labute approximate surface area is 75.3 Å². The average Bonchev–Trinajstić information content (AvgIpc) is 2.06. The van der Waals surface area contributed by atoms with Crippen LogP contribution in [0.15, 0.2) is 0 Å². The van der Waals surface area contributed by atoms with Crippen molar-refractivity contribution in [2.45, 2.75) is 44.9 Å². The lowest BCUT2D eigenvalue weighted by molar-refractivity contribution is 0.488. The lowest BCUT2D eigenvalue weighted by Gasteiger charge is -2.17. The molecule has 0 amide bonds. The molecular formula is C9H21NS. The van der Waals surface area contributed by atoms with Crippen molar-refractivity contribution in [1.82, 2.24) is 5.32 Å². The summed E-state index contributed by atoms with van der Waals surface area (Å²) >= 11 is 1.93. The topological polar surface area (TPSA) is 12.0 Å². The van der Waals surface area contributed by atoms with Crippen LogP contribution in [-0.2, 0) is 0 Å². The second-order valence-electron chi connectivity index (χ2n) is 2.97. The highest BCUT2D eigenvalue weighted by Gasteiger charge is 2.04. The van der Waals surface area contributed by atoms with Crippen LogP contribution in [0.2, 0.25) is 0 Å². The van der Waals surface area contributed by atoms with Gasteiger partial charge in [0, 0.05) is 17.8 Å². The lowest BCUT2D eigenvalue weighted by atomic mass is 10.2. The minimum atomic E-state index is 0.726. The standard InChI is InChI=1S/C9H21NS/c1-5-9(6-2)10-7-8(3)11-4/h8-10H,5-7H2,1-4H3. The Morgan fingerprint density at radius 3 is 2.18 bits per heavy atom. The number of hydrogen-bond donors (Lipinski definition) is 1. The highest BCUT2D eigenvalue weighted by molar-refractivity contribution is 7.99. The molecule has 0 radical (unpaired) electrons. The Balaban J connectivity index is 3.34. The van der Waals surface area contributed by atoms with E-state index in [0.717, 1.165) is 17.8 Å². The normalized spacial score (nSPS) is 13.9. The molecule has 0 aliphatic rings. The van der Waals surface area contributed by atoms with Gasteiger partial charge < -0.3 is 5.32 Å². The van der Waals surface area contributed by atoms with Crippen molar-refractivity contribution >= 4 is 11.8 Å². The minimum absolute atomic E-state index is 0.726. The fraction of sp³-hybridized carbons (Fsp3) is 1.00. The largest absolute Gasteiger partial charge is 0.313 e. The van der Waals surface area contributed by atoms with E-state index >= 15 is 0 Å². The molecule has 0 aromatic rings. The van der Waals surface area contributed by atoms with Crippen LogP contribution in [0.25, 0.3) is 0 Å². The molecule has 1 nitrogen and oxygen atoms in total. The maximum atomic E-state index is 3.55. The van der Waals surface area contributed by atoms with Crippen molar-refractivity contribution < 1.29 is 0 Å². The maximum Gasteiger partial charge on any atom is 0.0141 e. The molecule has 0 spiro atoms. The van der Waals surface area contributed by atoms with Gasteiger partial charge in [-0.25, -0.2) is 0 Å². The van der Waals surface area contributed by atoms with Gasteiger partial charge in [-0.1, -0.05) is 20.8 Å². The molecule has 0 heterocycles. The van der Waals surface area contributed by atoms with E-state index < -0.39 is 0 Å². The Morgan fingerprint density at radius 2 is 1.82 bits per heavy atom. The third-order valence-corrected chi connectivity index (χ3v) is 3.05. The second-order valence-corrected chi connectivity index (χ2v) is 4.24. The highest BCUT2D eigenvalue weighted by Crippen LogP contribution is 2.04. The van der Waals surface area contributed by atoms with Gasteiger partial charge in [-0.3, -0.25) is 0 Å². The van der Waals surface area contributed by atoms with Crippen LogP contribution in [0, 0.1) is 0 Å². The van der Waals surface area contributed by atoms with Crippen LogP contribution >= 0.6 is 11.8 Å². The summed E-state index contributed by atoms with van der Waals surface area (Å²) in [7, 11) is 0. The highest BCUT2D eigenvalue weighted by atomic mass is 32.2. The summed E-state index contributed by atoms with van der Waals surface area (Å²) in [4.78, 5) is 0. The maximum absolute atomic E-state index is 3.55. The van der Waals surface area contributed by atoms with Gasteiger partial charge in [-0.15, -0.1) is 0 Å². The number of hydrogen-bond acceptors (Lipinski definition) is 2. The predicted octanol–water partition coefficient (Wildman–Crippen LogP) is 2.52. The number of nitrogens with one attached hydrogen (secondary N) is 1. The summed E-state index contributed by atoms with van der Waals surface area (Å²) in [6, 6.07) is 0.726. The van der Waals surface area contributed by atoms with E-state index in [0.29, 0.717) is 0 Å². The van der Waals surface area contributed by atoms with Gasteiger partial charge in [0.2, 0.25) is 0 Å². The average molecular weight is 175 g/mol. The van der Waals surface area contributed by atoms with Gasteiger partial charge in [0.25, 0.3) is 0 Å². The Kier molecular flexibility index (Phi) is 7.18. The second kappa shape index (κ2) is 6.99. The third kappa shape index (κ3) is 5.57. The third-order valence-electron chi connectivity index (χ3n) is 2.08. The first-order valence-corrected chi connectivity index (χ1v) is 5.79. The Bertz CT molecular complexity index is 81.6. The molecule has 11 heavy (non-hydrogen) atoms. The zero-order valence-corrected chi connectivity index (χ0v) is 9.00. The van der Waals surface area contributed by atoms with Crippen molar-refractivity contribution in [3.63, 3.8) is 0 Å². The van der Waals surface area contributed by atoms with Crippen molar-refractivity contribution in [2.75, 3.05) is 12.8 Å². The molecule has 68 valence electrons. The number of thioether (sulfide) groups is 1. The lowest BCUT2D eigenvalue weighted by Crippen LogP contribution is -2.32. The van der Waals surface area contributed by atoms with Gasteiger partial charge in [0.15, 0.2) is 0 Å². The summed E-state index contributed by atoms with van der Waals surface area (Å²) in [5.74, 6) is 0. The van der Waals surface area contributed by atoms with Gasteiger partial charge in [0.05, 0.1) is 0 Å². The van der Waals surface area contributed by atoms with Gasteiger partial charge in [0.1, 0.15) is 0 Å². The Hall–Kier alpha value is 0.310. The molecular weight excluding hydrogens is 154 g/mol. The van der Waals surface area contributed by atoms with Gasteiger partial charge in [-0.2, -0.15) is 11.8 Å². The molecule has 0 bridgehead atoms. The fourth-order valence-corrected chi connectivity index (χ4v) is 1.26. The molecule has 1 N–H and O–H groups in total. The molecule has 0 rings (SSSR count). The first-order chi connectivity index (χ1) is 5.24. The van der Waals surface area contributed by atoms with E-state index in [1.807, 2.05) is 11.8 Å². The van der Waals surface area contributed by atoms with E-state index in [4.69, 9.17) is 0 Å². The molecule has 1 atom stereocenters. The predicted molar refractivity (Wildman–Crippen MR) is 55.3 cm³/mol. The first kappa shape index (κ1) is 11.3. The zero-order valence-electron chi connectivity index (χ0n) is 8.18. The SMILES string of the molecule is CCC(CC)NCC(C)SC. The molecule has 0 fully saturated rings. The Morgan fingerprint density at radius 1 is 1.27 bits per heavy atom. The molecule has 0 saturated carbocycles. The fourth-order valence-electron chi connectivity index (χ4n) is 0.993. The molecule has 1 unspecified atom stereocenters. The quantitative estimate of drug-likeness (QED) is 0.666. The summed E-state index contributed by atoms with van der Waals surface area (Å²) in [5, 5.41) is 4.29. The van der Waals surface area contributed by atoms with Gasteiger partial charge >= 0.3 is 0 Å². The summed E-state index contributed by atoms with van der Waals surface area (Å²) in [5.41, 5.74) is 0. The molecule has 0 aromatic carbocycles. The monoisotopic (exact) mass is 175 g/mol. The van der Waals surface area contributed by atoms with Crippen LogP contribution in [0.3, 0.4) is 0 Å². The number of rotatable bonds is 6. The van der Waals surface area contributed by atoms with E-state index in [1.165, 1.54) is 12.8 Å². The van der Waals surface area contributed by atoms with Gasteiger partial charge in [-0.05, 0) is 19.1 Å². The smallest absolute Gasteiger partial charge is 0.0141 e. The molecule has 2 heteroatoms. The van der Waals surface area contributed by atoms with Crippen molar-refractivity contribution in [1.29, 1.82) is 0 Å². The van der Waals surface area contributed by atoms with Crippen LogP contribution < -0.4 is 5.32 Å². The van der Waals surface area contributed by atoms with Crippen molar-refractivity contribution in [2.24, 2.45) is 0 Å². The van der Waals surface area contributed by atoms with Crippen LogP contribution in [-0.4, -0.2) is 24.1 Å². The van der Waals surface area contributed by atoms with Crippen LogP contribution in [0.5, 0.6) is 0 Å². The first-order valence-electron chi connectivity index (χ1n) is 4.50. The molecule has 0 aliphatic heterocycles.